The zero-order valence-electron chi connectivity index (χ0n) is 15.0. The Hall–Kier alpha value is -2.56. The molecule has 0 radical (unpaired) electrons. The first kappa shape index (κ1) is 18.8. The van der Waals surface area contributed by atoms with Gasteiger partial charge in [-0.1, -0.05) is 31.9 Å². The zero-order chi connectivity index (χ0) is 17.9. The average molecular weight is 342 g/mol. The van der Waals surface area contributed by atoms with Crippen LogP contribution in [0.15, 0.2) is 42.7 Å². The highest BCUT2D eigenvalue weighted by atomic mass is 16.5. The van der Waals surface area contributed by atoms with E-state index in [0.29, 0.717) is 31.1 Å². The van der Waals surface area contributed by atoms with E-state index in [0.717, 1.165) is 30.4 Å². The number of amides is 1. The Labute approximate surface area is 149 Å². The van der Waals surface area contributed by atoms with E-state index >= 15 is 0 Å². The molecule has 1 aromatic heterocycles. The highest BCUT2D eigenvalue weighted by Crippen LogP contribution is 2.28. The summed E-state index contributed by atoms with van der Waals surface area (Å²) in [6, 6.07) is 9.54. The zero-order valence-corrected chi connectivity index (χ0v) is 15.0. The number of nitrogens with one attached hydrogen (secondary N) is 1. The third-order valence-electron chi connectivity index (χ3n) is 3.84. The van der Waals surface area contributed by atoms with E-state index in [1.165, 1.54) is 0 Å². The summed E-state index contributed by atoms with van der Waals surface area (Å²) >= 11 is 0. The van der Waals surface area contributed by atoms with Crippen molar-refractivity contribution < 1.29 is 14.3 Å². The Morgan fingerprint density at radius 3 is 2.76 bits per heavy atom. The summed E-state index contributed by atoms with van der Waals surface area (Å²) < 4.78 is 11.2. The number of unbranched alkanes of at least 4 members (excludes halogenated alkanes) is 2. The molecule has 2 aromatic rings. The van der Waals surface area contributed by atoms with Crippen LogP contribution < -0.4 is 14.8 Å². The number of ether oxygens (including phenoxy) is 2. The largest absolute Gasteiger partial charge is 0.493 e. The lowest BCUT2D eigenvalue weighted by molar-refractivity contribution is -0.121. The van der Waals surface area contributed by atoms with Crippen LogP contribution in [0.1, 0.15) is 43.7 Å². The molecule has 0 unspecified atom stereocenters. The lowest BCUT2D eigenvalue weighted by Gasteiger charge is -2.12. The molecule has 1 heterocycles. The Morgan fingerprint density at radius 2 is 2.04 bits per heavy atom. The minimum Gasteiger partial charge on any atom is -0.493 e. The molecule has 5 heteroatoms. The fraction of sp³-hybridized carbons (Fsp3) is 0.400. The van der Waals surface area contributed by atoms with E-state index < -0.39 is 0 Å². The Bertz CT molecular complexity index is 659. The van der Waals surface area contributed by atoms with Gasteiger partial charge in [0.2, 0.25) is 5.91 Å². The molecule has 0 bridgehead atoms. The van der Waals surface area contributed by atoms with Crippen LogP contribution in [-0.2, 0) is 17.9 Å². The molecular formula is C20H26N2O3. The summed E-state index contributed by atoms with van der Waals surface area (Å²) in [5, 5.41) is 2.94. The van der Waals surface area contributed by atoms with Gasteiger partial charge in [0, 0.05) is 30.9 Å². The van der Waals surface area contributed by atoms with E-state index in [4.69, 9.17) is 9.47 Å². The molecule has 0 saturated heterocycles. The summed E-state index contributed by atoms with van der Waals surface area (Å²) in [7, 11) is 1.61. The number of nitrogens with zero attached hydrogens (tertiary/aromatic N) is 1. The fourth-order valence-corrected chi connectivity index (χ4v) is 2.41. The summed E-state index contributed by atoms with van der Waals surface area (Å²) in [5.74, 6) is 1.41. The van der Waals surface area contributed by atoms with Gasteiger partial charge in [-0.2, -0.15) is 0 Å². The average Bonchev–Trinajstić information content (AvgIpc) is 2.66. The quantitative estimate of drug-likeness (QED) is 0.666. The molecule has 0 atom stereocenters. The fourth-order valence-electron chi connectivity index (χ4n) is 2.41. The second kappa shape index (κ2) is 10.3. The van der Waals surface area contributed by atoms with Gasteiger partial charge in [0.15, 0.2) is 11.5 Å². The molecule has 0 aliphatic heterocycles. The van der Waals surface area contributed by atoms with E-state index in [2.05, 4.69) is 17.2 Å². The third-order valence-corrected chi connectivity index (χ3v) is 3.84. The summed E-state index contributed by atoms with van der Waals surface area (Å²) in [5.41, 5.74) is 1.97. The number of benzene rings is 1. The Balaban J connectivity index is 1.88. The molecule has 1 N–H and O–H groups in total. The second-order valence-corrected chi connectivity index (χ2v) is 5.87. The molecule has 0 aliphatic carbocycles. The molecule has 1 amide bonds. The molecule has 134 valence electrons. The number of pyridine rings is 1. The highest BCUT2D eigenvalue weighted by Gasteiger charge is 2.08. The van der Waals surface area contributed by atoms with Crippen LogP contribution in [0, 0.1) is 0 Å². The molecule has 0 spiro atoms. The van der Waals surface area contributed by atoms with Crippen molar-refractivity contribution in [2.45, 2.75) is 45.8 Å². The van der Waals surface area contributed by atoms with Gasteiger partial charge >= 0.3 is 0 Å². The maximum absolute atomic E-state index is 11.8. The predicted octanol–water partition coefficient (Wildman–Crippen LogP) is 3.87. The van der Waals surface area contributed by atoms with Gasteiger partial charge in [-0.15, -0.1) is 0 Å². The van der Waals surface area contributed by atoms with Crippen LogP contribution in [0.3, 0.4) is 0 Å². The smallest absolute Gasteiger partial charge is 0.220 e. The second-order valence-electron chi connectivity index (χ2n) is 5.87. The molecule has 0 fully saturated rings. The van der Waals surface area contributed by atoms with Crippen LogP contribution in [0.5, 0.6) is 11.5 Å². The molecule has 5 nitrogen and oxygen atoms in total. The standard InChI is InChI=1S/C20H26N2O3/c1-3-4-5-8-20(23)22-14-16-9-10-18(19(12-16)24-2)25-15-17-7-6-11-21-13-17/h6-7,9-13H,3-5,8,14-15H2,1-2H3,(H,22,23). The van der Waals surface area contributed by atoms with Crippen LogP contribution in [-0.4, -0.2) is 18.0 Å². The minimum atomic E-state index is 0.0873. The number of carbonyl (C=O) groups excluding carboxylic acids is 1. The summed E-state index contributed by atoms with van der Waals surface area (Å²) in [4.78, 5) is 15.9. The number of methoxy groups -OCH3 is 1. The van der Waals surface area contributed by atoms with Gasteiger partial charge in [-0.3, -0.25) is 9.78 Å². The van der Waals surface area contributed by atoms with Crippen molar-refractivity contribution in [3.8, 4) is 11.5 Å². The lowest BCUT2D eigenvalue weighted by Crippen LogP contribution is -2.22. The number of rotatable bonds is 10. The highest BCUT2D eigenvalue weighted by molar-refractivity contribution is 5.75. The molecule has 2 rings (SSSR count). The van der Waals surface area contributed by atoms with Gasteiger partial charge in [0.1, 0.15) is 6.61 Å². The molecule has 25 heavy (non-hydrogen) atoms. The number of carbonyl (C=O) groups is 1. The van der Waals surface area contributed by atoms with E-state index in [1.807, 2.05) is 30.3 Å². The van der Waals surface area contributed by atoms with Gasteiger partial charge in [-0.05, 0) is 30.2 Å². The Morgan fingerprint density at radius 1 is 1.16 bits per heavy atom. The van der Waals surface area contributed by atoms with Crippen molar-refractivity contribution in [2.24, 2.45) is 0 Å². The summed E-state index contributed by atoms with van der Waals surface area (Å²) in [6.45, 7) is 3.05. The van der Waals surface area contributed by atoms with Crippen molar-refractivity contribution in [3.05, 3.63) is 53.9 Å². The molecule has 0 aliphatic rings. The van der Waals surface area contributed by atoms with Crippen molar-refractivity contribution in [2.75, 3.05) is 7.11 Å². The number of hydrogen-bond acceptors (Lipinski definition) is 4. The minimum absolute atomic E-state index is 0.0873. The first-order chi connectivity index (χ1) is 12.2. The van der Waals surface area contributed by atoms with E-state index in [9.17, 15) is 4.79 Å². The van der Waals surface area contributed by atoms with Crippen molar-refractivity contribution >= 4 is 5.91 Å². The van der Waals surface area contributed by atoms with Crippen LogP contribution in [0.4, 0.5) is 0 Å². The van der Waals surface area contributed by atoms with Gasteiger partial charge in [0.05, 0.1) is 7.11 Å². The first-order valence-electron chi connectivity index (χ1n) is 8.68. The number of aromatic nitrogens is 1. The molecular weight excluding hydrogens is 316 g/mol. The lowest BCUT2D eigenvalue weighted by atomic mass is 10.1. The van der Waals surface area contributed by atoms with Gasteiger partial charge < -0.3 is 14.8 Å². The number of hydrogen-bond donors (Lipinski definition) is 1. The SMILES string of the molecule is CCCCCC(=O)NCc1ccc(OCc2cccnc2)c(OC)c1. The monoisotopic (exact) mass is 342 g/mol. The van der Waals surface area contributed by atoms with Crippen molar-refractivity contribution in [1.82, 2.24) is 10.3 Å². The maximum atomic E-state index is 11.8. The van der Waals surface area contributed by atoms with Crippen LogP contribution in [0.2, 0.25) is 0 Å². The van der Waals surface area contributed by atoms with E-state index in [1.54, 1.807) is 19.5 Å². The van der Waals surface area contributed by atoms with Gasteiger partial charge in [0.25, 0.3) is 0 Å². The normalized spacial score (nSPS) is 10.3. The van der Waals surface area contributed by atoms with E-state index in [-0.39, 0.29) is 5.91 Å². The maximum Gasteiger partial charge on any atom is 0.220 e. The predicted molar refractivity (Wildman–Crippen MR) is 97.6 cm³/mol. The van der Waals surface area contributed by atoms with Crippen molar-refractivity contribution in [3.63, 3.8) is 0 Å². The van der Waals surface area contributed by atoms with Gasteiger partial charge in [-0.25, -0.2) is 0 Å². The first-order valence-corrected chi connectivity index (χ1v) is 8.68. The molecule has 1 aromatic carbocycles. The molecule has 0 saturated carbocycles. The van der Waals surface area contributed by atoms with Crippen molar-refractivity contribution in [1.29, 1.82) is 0 Å². The topological polar surface area (TPSA) is 60.5 Å². The summed E-state index contributed by atoms with van der Waals surface area (Å²) in [6.07, 6.45) is 7.23. The third kappa shape index (κ3) is 6.45. The Kier molecular flexibility index (Phi) is 7.76. The van der Waals surface area contributed by atoms with Crippen LogP contribution >= 0.6 is 0 Å². The van der Waals surface area contributed by atoms with Crippen LogP contribution in [0.25, 0.3) is 0 Å².